The smallest absolute Gasteiger partial charge is 0.255 e. The van der Waals surface area contributed by atoms with E-state index in [1.54, 1.807) is 7.11 Å². The Morgan fingerprint density at radius 2 is 2.10 bits per heavy atom. The van der Waals surface area contributed by atoms with Crippen LogP contribution in [0.4, 0.5) is 0 Å². The van der Waals surface area contributed by atoms with E-state index in [0.29, 0.717) is 12.5 Å². The van der Waals surface area contributed by atoms with Crippen molar-refractivity contribution in [1.29, 1.82) is 0 Å². The Kier molecular flexibility index (Phi) is 3.38. The first-order chi connectivity index (χ1) is 9.65. The molecule has 1 heterocycles. The van der Waals surface area contributed by atoms with Crippen molar-refractivity contribution in [2.75, 3.05) is 13.7 Å². The summed E-state index contributed by atoms with van der Waals surface area (Å²) in [5.41, 5.74) is 0.453. The van der Waals surface area contributed by atoms with Gasteiger partial charge in [0.2, 0.25) is 0 Å². The number of nitrogens with zero attached hydrogens (tertiary/aromatic N) is 1. The summed E-state index contributed by atoms with van der Waals surface area (Å²) in [6, 6.07) is 10.2. The number of piperidine rings is 1. The summed E-state index contributed by atoms with van der Waals surface area (Å²) in [5.74, 6) is 0.810. The quantitative estimate of drug-likeness (QED) is 0.791. The number of likely N-dealkylation sites (tertiary alicyclic amines) is 1. The van der Waals surface area contributed by atoms with Gasteiger partial charge in [-0.2, -0.15) is 0 Å². The van der Waals surface area contributed by atoms with Gasteiger partial charge in [-0.3, -0.25) is 4.79 Å². The van der Waals surface area contributed by atoms with Crippen molar-refractivity contribution in [3.8, 4) is 0 Å². The molecule has 1 fully saturated rings. The van der Waals surface area contributed by atoms with Gasteiger partial charge < -0.3 is 9.64 Å². The maximum atomic E-state index is 12.8. The molecule has 2 aliphatic rings. The monoisotopic (exact) mass is 271 g/mol. The van der Waals surface area contributed by atoms with Crippen molar-refractivity contribution < 1.29 is 9.53 Å². The Morgan fingerprint density at radius 1 is 1.35 bits per heavy atom. The molecular weight excluding hydrogens is 250 g/mol. The van der Waals surface area contributed by atoms with E-state index in [2.05, 4.69) is 24.3 Å². The molecule has 20 heavy (non-hydrogen) atoms. The zero-order valence-corrected chi connectivity index (χ0v) is 12.1. The van der Waals surface area contributed by atoms with Crippen molar-refractivity contribution in [2.45, 2.75) is 25.5 Å². The number of methoxy groups -OCH3 is 1. The lowest BCUT2D eigenvalue weighted by Crippen LogP contribution is -2.59. The molecule has 0 unspecified atom stereocenters. The molecule has 0 aromatic heterocycles. The van der Waals surface area contributed by atoms with Crippen LogP contribution < -0.4 is 0 Å². The lowest BCUT2D eigenvalue weighted by atomic mass is 9.76. The number of allylic oxidation sites excluding steroid dienone is 1. The van der Waals surface area contributed by atoms with Crippen LogP contribution in [0, 0.1) is 11.8 Å². The van der Waals surface area contributed by atoms with E-state index in [4.69, 9.17) is 4.74 Å². The molecule has 3 atom stereocenters. The predicted molar refractivity (Wildman–Crippen MR) is 78.0 cm³/mol. The first-order valence-electron chi connectivity index (χ1n) is 7.20. The van der Waals surface area contributed by atoms with Gasteiger partial charge in [-0.25, -0.2) is 0 Å². The van der Waals surface area contributed by atoms with E-state index >= 15 is 0 Å². The highest BCUT2D eigenvalue weighted by molar-refractivity contribution is 5.86. The van der Waals surface area contributed by atoms with Gasteiger partial charge in [0.05, 0.1) is 0 Å². The number of hydrogen-bond donors (Lipinski definition) is 0. The molecule has 3 nitrogen and oxygen atoms in total. The molecule has 1 saturated heterocycles. The summed E-state index contributed by atoms with van der Waals surface area (Å²) in [4.78, 5) is 14.7. The van der Waals surface area contributed by atoms with Crippen LogP contribution >= 0.6 is 0 Å². The van der Waals surface area contributed by atoms with Crippen molar-refractivity contribution in [3.05, 3.63) is 48.0 Å². The lowest BCUT2D eigenvalue weighted by molar-refractivity contribution is -0.169. The molecule has 0 saturated carbocycles. The summed E-state index contributed by atoms with van der Waals surface area (Å²) in [7, 11) is 1.65. The molecule has 1 aromatic rings. The van der Waals surface area contributed by atoms with Gasteiger partial charge >= 0.3 is 0 Å². The highest BCUT2D eigenvalue weighted by Gasteiger charge is 2.51. The number of rotatable bonds is 3. The fourth-order valence-electron chi connectivity index (χ4n) is 3.51. The van der Waals surface area contributed by atoms with E-state index in [-0.39, 0.29) is 11.8 Å². The number of hydrogen-bond acceptors (Lipinski definition) is 2. The van der Waals surface area contributed by atoms with Crippen molar-refractivity contribution in [3.63, 3.8) is 0 Å². The molecule has 0 radical (unpaired) electrons. The highest BCUT2D eigenvalue weighted by Crippen LogP contribution is 2.41. The third-order valence-corrected chi connectivity index (χ3v) is 4.73. The molecule has 3 rings (SSSR count). The number of fused-ring (bicyclic) bond motifs is 1. The van der Waals surface area contributed by atoms with Crippen molar-refractivity contribution in [1.82, 2.24) is 4.90 Å². The third kappa shape index (κ3) is 2.06. The molecule has 1 aliphatic carbocycles. The van der Waals surface area contributed by atoms with Crippen LogP contribution in [0.3, 0.4) is 0 Å². The average molecular weight is 271 g/mol. The molecule has 0 N–H and O–H groups in total. The SMILES string of the molecule is CO[C@@]1(C)C(=O)N(Cc2ccccc2)C[C@H]2CC=C[C@H]21. The second-order valence-corrected chi connectivity index (χ2v) is 5.93. The van der Waals surface area contributed by atoms with E-state index in [9.17, 15) is 4.79 Å². The Balaban J connectivity index is 1.84. The fourth-order valence-corrected chi connectivity index (χ4v) is 3.51. The first-order valence-corrected chi connectivity index (χ1v) is 7.20. The summed E-state index contributed by atoms with van der Waals surface area (Å²) < 4.78 is 5.63. The van der Waals surface area contributed by atoms with Gasteiger partial charge in [0.1, 0.15) is 5.60 Å². The minimum Gasteiger partial charge on any atom is -0.368 e. The minimum absolute atomic E-state index is 0.108. The topological polar surface area (TPSA) is 29.5 Å². The van der Waals surface area contributed by atoms with Crippen LogP contribution in [0.1, 0.15) is 18.9 Å². The van der Waals surface area contributed by atoms with Crippen LogP contribution in [0.25, 0.3) is 0 Å². The summed E-state index contributed by atoms with van der Waals surface area (Å²) >= 11 is 0. The van der Waals surface area contributed by atoms with Gasteiger partial charge in [0, 0.05) is 26.1 Å². The fraction of sp³-hybridized carbons (Fsp3) is 0.471. The van der Waals surface area contributed by atoms with Crippen LogP contribution in [-0.4, -0.2) is 30.1 Å². The molecule has 0 bridgehead atoms. The number of carbonyl (C=O) groups excluding carboxylic acids is 1. The second kappa shape index (κ2) is 5.06. The Bertz CT molecular complexity index is 525. The number of benzene rings is 1. The molecule has 1 aromatic carbocycles. The Morgan fingerprint density at radius 3 is 2.80 bits per heavy atom. The number of carbonyl (C=O) groups is 1. The summed E-state index contributed by atoms with van der Waals surface area (Å²) in [5, 5.41) is 0. The maximum absolute atomic E-state index is 12.8. The van der Waals surface area contributed by atoms with Gasteiger partial charge in [-0.05, 0) is 24.8 Å². The lowest BCUT2D eigenvalue weighted by Gasteiger charge is -2.45. The van der Waals surface area contributed by atoms with Crippen LogP contribution in [0.2, 0.25) is 0 Å². The maximum Gasteiger partial charge on any atom is 0.255 e. The van der Waals surface area contributed by atoms with E-state index in [1.165, 1.54) is 5.56 Å². The Labute approximate surface area is 120 Å². The number of ether oxygens (including phenoxy) is 1. The zero-order chi connectivity index (χ0) is 14.2. The molecule has 1 aliphatic heterocycles. The predicted octanol–water partition coefficient (Wildman–Crippen LogP) is 2.63. The van der Waals surface area contributed by atoms with Crippen LogP contribution in [0.5, 0.6) is 0 Å². The van der Waals surface area contributed by atoms with Gasteiger partial charge in [-0.15, -0.1) is 0 Å². The second-order valence-electron chi connectivity index (χ2n) is 5.93. The van der Waals surface area contributed by atoms with Gasteiger partial charge in [0.25, 0.3) is 5.91 Å². The van der Waals surface area contributed by atoms with Crippen LogP contribution in [0.15, 0.2) is 42.5 Å². The minimum atomic E-state index is -0.718. The van der Waals surface area contributed by atoms with Gasteiger partial charge in [-0.1, -0.05) is 42.5 Å². The standard InChI is InChI=1S/C17H21NO2/c1-17(20-2)15-10-6-9-14(15)12-18(16(17)19)11-13-7-4-3-5-8-13/h3-8,10,14-15H,9,11-12H2,1-2H3/t14-,15-,17-/m1/s1. The number of amides is 1. The van der Waals surface area contributed by atoms with E-state index in [1.807, 2.05) is 30.0 Å². The molecular formula is C17H21NO2. The van der Waals surface area contributed by atoms with Crippen LogP contribution in [-0.2, 0) is 16.1 Å². The van der Waals surface area contributed by atoms with E-state index in [0.717, 1.165) is 13.0 Å². The average Bonchev–Trinajstić information content (AvgIpc) is 2.94. The van der Waals surface area contributed by atoms with E-state index < -0.39 is 5.60 Å². The summed E-state index contributed by atoms with van der Waals surface area (Å²) in [6.45, 7) is 3.42. The van der Waals surface area contributed by atoms with Crippen molar-refractivity contribution >= 4 is 5.91 Å². The Hall–Kier alpha value is -1.61. The highest BCUT2D eigenvalue weighted by atomic mass is 16.5. The van der Waals surface area contributed by atoms with Crippen molar-refractivity contribution in [2.24, 2.45) is 11.8 Å². The summed E-state index contributed by atoms with van der Waals surface area (Å²) in [6.07, 6.45) is 5.39. The largest absolute Gasteiger partial charge is 0.368 e. The first kappa shape index (κ1) is 13.4. The van der Waals surface area contributed by atoms with Gasteiger partial charge in [0.15, 0.2) is 0 Å². The zero-order valence-electron chi connectivity index (χ0n) is 12.1. The molecule has 106 valence electrons. The normalized spacial score (nSPS) is 32.5. The third-order valence-electron chi connectivity index (χ3n) is 4.73. The molecule has 1 amide bonds. The molecule has 0 spiro atoms. The molecule has 3 heteroatoms.